The van der Waals surface area contributed by atoms with E-state index >= 15 is 0 Å². The van der Waals surface area contributed by atoms with Gasteiger partial charge < -0.3 is 15.8 Å². The van der Waals surface area contributed by atoms with Crippen molar-refractivity contribution in [1.82, 2.24) is 15.0 Å². The maximum atomic E-state index is 12.1. The zero-order valence-corrected chi connectivity index (χ0v) is 17.3. The topological polar surface area (TPSA) is 103 Å². The molecule has 146 valence electrons. The Morgan fingerprint density at radius 2 is 2.29 bits per heavy atom. The molecule has 1 aliphatic rings. The fraction of sp³-hybridized carbons (Fsp3) is 0.368. The van der Waals surface area contributed by atoms with Gasteiger partial charge in [0.2, 0.25) is 5.91 Å². The van der Waals surface area contributed by atoms with Gasteiger partial charge in [-0.2, -0.15) is 0 Å². The van der Waals surface area contributed by atoms with E-state index in [2.05, 4.69) is 34.1 Å². The zero-order valence-electron chi connectivity index (χ0n) is 15.6. The maximum Gasteiger partial charge on any atom is 0.236 e. The molecule has 28 heavy (non-hydrogen) atoms. The monoisotopic (exact) mass is 415 g/mol. The molecule has 0 unspecified atom stereocenters. The molecular formula is C19H21N5O2S2. The van der Waals surface area contributed by atoms with Crippen LogP contribution in [-0.2, 0) is 22.6 Å². The molecule has 9 heteroatoms. The lowest BCUT2D eigenvalue weighted by molar-refractivity contribution is -0.113. The van der Waals surface area contributed by atoms with Gasteiger partial charge in [-0.15, -0.1) is 11.3 Å². The maximum absolute atomic E-state index is 12.1. The van der Waals surface area contributed by atoms with Crippen molar-refractivity contribution in [2.45, 2.75) is 38.1 Å². The summed E-state index contributed by atoms with van der Waals surface area (Å²) in [7, 11) is 0. The largest absolute Gasteiger partial charge is 0.383 e. The quantitative estimate of drug-likeness (QED) is 0.485. The molecule has 0 fully saturated rings. The number of carbonyl (C=O) groups is 1. The van der Waals surface area contributed by atoms with Crippen molar-refractivity contribution in [2.24, 2.45) is 5.92 Å². The van der Waals surface area contributed by atoms with Crippen LogP contribution in [0.2, 0.25) is 0 Å². The van der Waals surface area contributed by atoms with Crippen molar-refractivity contribution < 1.29 is 9.53 Å². The SMILES string of the molecule is CC(C)[C@H]1Cc2c(sc3nc(SCC(=O)Nc4ccccn4)nc(N)c23)CO1. The van der Waals surface area contributed by atoms with Crippen LogP contribution in [0.25, 0.3) is 10.2 Å². The fourth-order valence-electron chi connectivity index (χ4n) is 3.13. The number of carbonyl (C=O) groups excluding carboxylic acids is 1. The first-order chi connectivity index (χ1) is 13.5. The molecule has 3 N–H and O–H groups in total. The molecule has 4 rings (SSSR count). The highest BCUT2D eigenvalue weighted by Gasteiger charge is 2.27. The summed E-state index contributed by atoms with van der Waals surface area (Å²) in [6.45, 7) is 4.91. The number of nitrogens with zero attached hydrogens (tertiary/aromatic N) is 3. The van der Waals surface area contributed by atoms with E-state index in [1.807, 2.05) is 6.07 Å². The molecule has 0 aliphatic carbocycles. The highest BCUT2D eigenvalue weighted by molar-refractivity contribution is 7.99. The molecule has 0 saturated carbocycles. The van der Waals surface area contributed by atoms with Crippen molar-refractivity contribution in [3.05, 3.63) is 34.8 Å². The van der Waals surface area contributed by atoms with Crippen molar-refractivity contribution in [1.29, 1.82) is 0 Å². The molecule has 1 amide bonds. The predicted octanol–water partition coefficient (Wildman–Crippen LogP) is 3.50. The van der Waals surface area contributed by atoms with E-state index < -0.39 is 0 Å². The zero-order chi connectivity index (χ0) is 19.7. The number of anilines is 2. The van der Waals surface area contributed by atoms with Crippen molar-refractivity contribution in [2.75, 3.05) is 16.8 Å². The molecule has 0 saturated heterocycles. The third-order valence-electron chi connectivity index (χ3n) is 4.58. The number of amides is 1. The number of aromatic nitrogens is 3. The second-order valence-corrected chi connectivity index (χ2v) is 8.95. The highest BCUT2D eigenvalue weighted by atomic mass is 32.2. The Bertz CT molecular complexity index is 1010. The molecule has 7 nitrogen and oxygen atoms in total. The lowest BCUT2D eigenvalue weighted by Gasteiger charge is -2.26. The molecule has 0 bridgehead atoms. The first-order valence-electron chi connectivity index (χ1n) is 9.04. The predicted molar refractivity (Wildman–Crippen MR) is 113 cm³/mol. The van der Waals surface area contributed by atoms with E-state index in [0.717, 1.165) is 16.6 Å². The molecule has 1 atom stereocenters. The Morgan fingerprint density at radius 1 is 1.43 bits per heavy atom. The smallest absolute Gasteiger partial charge is 0.236 e. The number of hydrogen-bond donors (Lipinski definition) is 2. The van der Waals surface area contributed by atoms with Gasteiger partial charge in [0.25, 0.3) is 0 Å². The van der Waals surface area contributed by atoms with Gasteiger partial charge in [-0.3, -0.25) is 4.79 Å². The summed E-state index contributed by atoms with van der Waals surface area (Å²) in [6, 6.07) is 5.36. The summed E-state index contributed by atoms with van der Waals surface area (Å²) in [5, 5.41) is 4.19. The Morgan fingerprint density at radius 3 is 3.04 bits per heavy atom. The number of nitrogen functional groups attached to an aromatic ring is 1. The van der Waals surface area contributed by atoms with Gasteiger partial charge in [0.1, 0.15) is 16.5 Å². The standard InChI is InChI=1S/C19H21N5O2S2/c1-10(2)12-7-11-13(8-26-12)28-18-16(11)17(20)23-19(24-18)27-9-15(25)22-14-5-3-4-6-21-14/h3-6,10,12H,7-9H2,1-2H3,(H2,20,23,24)(H,21,22,25)/t12-/m1/s1. The number of fused-ring (bicyclic) bond motifs is 3. The first kappa shape index (κ1) is 19.1. The number of rotatable bonds is 5. The number of nitrogens with one attached hydrogen (secondary N) is 1. The second-order valence-electron chi connectivity index (χ2n) is 6.92. The van der Waals surface area contributed by atoms with Gasteiger partial charge in [-0.1, -0.05) is 31.7 Å². The molecule has 0 radical (unpaired) electrons. The minimum Gasteiger partial charge on any atom is -0.383 e. The molecule has 3 aromatic rings. The van der Waals surface area contributed by atoms with Crippen LogP contribution < -0.4 is 11.1 Å². The Labute approximate surface area is 171 Å². The van der Waals surface area contributed by atoms with Crippen molar-refractivity contribution in [3.8, 4) is 0 Å². The van der Waals surface area contributed by atoms with Crippen LogP contribution in [0.1, 0.15) is 24.3 Å². The van der Waals surface area contributed by atoms with Crippen LogP contribution in [0.5, 0.6) is 0 Å². The molecule has 3 aromatic heterocycles. The van der Waals surface area contributed by atoms with E-state index in [0.29, 0.717) is 29.3 Å². The average Bonchev–Trinajstić information content (AvgIpc) is 3.05. The first-order valence-corrected chi connectivity index (χ1v) is 10.8. The van der Waals surface area contributed by atoms with Gasteiger partial charge in [0.15, 0.2) is 5.16 Å². The molecule has 0 spiro atoms. The minimum absolute atomic E-state index is 0.162. The molecular weight excluding hydrogens is 394 g/mol. The van der Waals surface area contributed by atoms with Crippen LogP contribution in [0, 0.1) is 5.92 Å². The van der Waals surface area contributed by atoms with Crippen LogP contribution >= 0.6 is 23.1 Å². The number of hydrogen-bond acceptors (Lipinski definition) is 8. The number of pyridine rings is 1. The number of thiophene rings is 1. The van der Waals surface area contributed by atoms with E-state index in [-0.39, 0.29) is 17.8 Å². The lowest BCUT2D eigenvalue weighted by Crippen LogP contribution is -2.26. The number of ether oxygens (including phenoxy) is 1. The average molecular weight is 416 g/mol. The van der Waals surface area contributed by atoms with Crippen molar-refractivity contribution in [3.63, 3.8) is 0 Å². The summed E-state index contributed by atoms with van der Waals surface area (Å²) >= 11 is 2.86. The molecule has 1 aliphatic heterocycles. The van der Waals surface area contributed by atoms with E-state index in [1.165, 1.54) is 22.2 Å². The lowest BCUT2D eigenvalue weighted by atomic mass is 9.96. The van der Waals surface area contributed by atoms with Crippen LogP contribution in [0.3, 0.4) is 0 Å². The van der Waals surface area contributed by atoms with E-state index in [9.17, 15) is 4.79 Å². The van der Waals surface area contributed by atoms with Crippen LogP contribution in [0.4, 0.5) is 11.6 Å². The fourth-order valence-corrected chi connectivity index (χ4v) is 4.97. The van der Waals surface area contributed by atoms with Crippen molar-refractivity contribution >= 4 is 50.9 Å². The molecule has 4 heterocycles. The molecule has 0 aromatic carbocycles. The summed E-state index contributed by atoms with van der Waals surface area (Å²) in [5.74, 6) is 1.46. The highest BCUT2D eigenvalue weighted by Crippen LogP contribution is 2.39. The summed E-state index contributed by atoms with van der Waals surface area (Å²) in [6.07, 6.45) is 2.65. The summed E-state index contributed by atoms with van der Waals surface area (Å²) in [5.41, 5.74) is 7.48. The normalized spacial score (nSPS) is 16.3. The third kappa shape index (κ3) is 3.96. The third-order valence-corrected chi connectivity index (χ3v) is 6.53. The van der Waals surface area contributed by atoms with Crippen LogP contribution in [-0.4, -0.2) is 32.7 Å². The second kappa shape index (κ2) is 8.02. The summed E-state index contributed by atoms with van der Waals surface area (Å²) in [4.78, 5) is 27.3. The minimum atomic E-state index is -0.162. The van der Waals surface area contributed by atoms with Gasteiger partial charge in [-0.25, -0.2) is 15.0 Å². The number of nitrogens with two attached hydrogens (primary N) is 1. The van der Waals surface area contributed by atoms with Gasteiger partial charge in [-0.05, 0) is 23.6 Å². The summed E-state index contributed by atoms with van der Waals surface area (Å²) < 4.78 is 5.96. The Hall–Kier alpha value is -2.23. The van der Waals surface area contributed by atoms with Gasteiger partial charge in [0.05, 0.1) is 23.8 Å². The Kier molecular flexibility index (Phi) is 5.47. The number of thioether (sulfide) groups is 1. The Balaban J connectivity index is 1.50. The van der Waals surface area contributed by atoms with Gasteiger partial charge in [0, 0.05) is 17.5 Å². The van der Waals surface area contributed by atoms with E-state index in [4.69, 9.17) is 10.5 Å². The van der Waals surface area contributed by atoms with Crippen LogP contribution in [0.15, 0.2) is 29.6 Å². The van der Waals surface area contributed by atoms with Gasteiger partial charge >= 0.3 is 0 Å². The van der Waals surface area contributed by atoms with E-state index in [1.54, 1.807) is 29.7 Å².